The van der Waals surface area contributed by atoms with Gasteiger partial charge in [-0.25, -0.2) is 4.98 Å². The van der Waals surface area contributed by atoms with Crippen LogP contribution in [-0.4, -0.2) is 24.5 Å². The highest BCUT2D eigenvalue weighted by Crippen LogP contribution is 2.35. The van der Waals surface area contributed by atoms with Crippen LogP contribution in [0, 0.1) is 0 Å². The van der Waals surface area contributed by atoms with Gasteiger partial charge in [0, 0.05) is 11.8 Å². The number of carbonyl (C=O) groups excluding carboxylic acids is 1. The minimum atomic E-state index is -4.41. The first-order chi connectivity index (χ1) is 10.5. The summed E-state index contributed by atoms with van der Waals surface area (Å²) in [6.07, 6.45) is -2.32. The highest BCUT2D eigenvalue weighted by Gasteiger charge is 2.30. The average molecular weight is 308 g/mol. The van der Waals surface area contributed by atoms with Gasteiger partial charge in [-0.2, -0.15) is 13.2 Å². The molecule has 1 aromatic carbocycles. The van der Waals surface area contributed by atoms with E-state index in [4.69, 9.17) is 4.74 Å². The van der Waals surface area contributed by atoms with Crippen LogP contribution in [0.1, 0.15) is 5.56 Å². The van der Waals surface area contributed by atoms with E-state index in [-0.39, 0.29) is 0 Å². The highest BCUT2D eigenvalue weighted by atomic mass is 19.4. The predicted molar refractivity (Wildman–Crippen MR) is 73.6 cm³/mol. The first kappa shape index (κ1) is 14.4. The molecular formula is C15H11F3N2O2. The van der Waals surface area contributed by atoms with Gasteiger partial charge in [0.15, 0.2) is 0 Å². The molecule has 1 aliphatic rings. The molecule has 0 fully saturated rings. The molecule has 4 nitrogen and oxygen atoms in total. The third-order valence-corrected chi connectivity index (χ3v) is 3.36. The summed E-state index contributed by atoms with van der Waals surface area (Å²) in [5.74, 6) is 0.300. The summed E-state index contributed by atoms with van der Waals surface area (Å²) in [5.41, 5.74) is 0.589. The van der Waals surface area contributed by atoms with Gasteiger partial charge in [0.25, 0.3) is 0 Å². The molecule has 2 heterocycles. The number of halogens is 3. The van der Waals surface area contributed by atoms with E-state index in [0.717, 1.165) is 12.1 Å². The zero-order chi connectivity index (χ0) is 15.7. The largest absolute Gasteiger partial charge is 0.474 e. The summed E-state index contributed by atoms with van der Waals surface area (Å²) in [6.45, 7) is 0.714. The Morgan fingerprint density at radius 2 is 2.05 bits per heavy atom. The maximum absolute atomic E-state index is 12.8. The van der Waals surface area contributed by atoms with Gasteiger partial charge >= 0.3 is 6.18 Å². The number of rotatable bonds is 2. The van der Waals surface area contributed by atoms with Crippen LogP contribution < -0.4 is 9.64 Å². The summed E-state index contributed by atoms with van der Waals surface area (Å²) in [5, 5.41) is 0. The van der Waals surface area contributed by atoms with Gasteiger partial charge in [-0.15, -0.1) is 0 Å². The van der Waals surface area contributed by atoms with Crippen LogP contribution in [-0.2, 0) is 11.0 Å². The molecule has 1 aromatic heterocycles. The standard InChI is InChI=1S/C15H11F3N2O2/c16-15(17,18)12-3-1-2-10(6-12)11-7-13-14(19-8-11)22-5-4-20(13)9-21/h1-3,6-9H,4-5H2. The Labute approximate surface area is 124 Å². The van der Waals surface area contributed by atoms with Crippen molar-refractivity contribution in [3.05, 3.63) is 42.1 Å². The van der Waals surface area contributed by atoms with E-state index in [1.165, 1.54) is 17.2 Å². The second kappa shape index (κ2) is 5.32. The lowest BCUT2D eigenvalue weighted by Crippen LogP contribution is -2.31. The van der Waals surface area contributed by atoms with Crippen molar-refractivity contribution in [3.63, 3.8) is 0 Å². The first-order valence-corrected chi connectivity index (χ1v) is 6.51. The lowest BCUT2D eigenvalue weighted by Gasteiger charge is -2.25. The zero-order valence-electron chi connectivity index (χ0n) is 11.3. The lowest BCUT2D eigenvalue weighted by atomic mass is 10.0. The molecule has 1 aliphatic heterocycles. The molecule has 1 amide bonds. The Hall–Kier alpha value is -2.57. The quantitative estimate of drug-likeness (QED) is 0.801. The van der Waals surface area contributed by atoms with Crippen LogP contribution in [0.25, 0.3) is 11.1 Å². The SMILES string of the molecule is O=CN1CCOc2ncc(-c3cccc(C(F)(F)F)c3)cc21. The smallest absolute Gasteiger partial charge is 0.416 e. The zero-order valence-corrected chi connectivity index (χ0v) is 11.3. The molecule has 0 aliphatic carbocycles. The van der Waals surface area contributed by atoms with Crippen LogP contribution in [0.15, 0.2) is 36.5 Å². The van der Waals surface area contributed by atoms with E-state index in [1.807, 2.05) is 0 Å². The number of nitrogens with zero attached hydrogens (tertiary/aromatic N) is 2. The van der Waals surface area contributed by atoms with E-state index in [0.29, 0.717) is 42.3 Å². The predicted octanol–water partition coefficient (Wildman–Crippen LogP) is 3.12. The van der Waals surface area contributed by atoms with E-state index in [1.54, 1.807) is 12.1 Å². The molecule has 0 bridgehead atoms. The molecule has 0 spiro atoms. The molecule has 0 unspecified atom stereocenters. The fourth-order valence-electron chi connectivity index (χ4n) is 2.26. The Kier molecular flexibility index (Phi) is 3.48. The summed E-state index contributed by atoms with van der Waals surface area (Å²) < 4.78 is 43.7. The van der Waals surface area contributed by atoms with Crippen LogP contribution in [0.4, 0.5) is 18.9 Å². The molecular weight excluding hydrogens is 297 g/mol. The minimum Gasteiger partial charge on any atom is -0.474 e. The number of fused-ring (bicyclic) bond motifs is 1. The third kappa shape index (κ3) is 2.61. The first-order valence-electron chi connectivity index (χ1n) is 6.51. The van der Waals surface area contributed by atoms with Crippen molar-refractivity contribution in [1.29, 1.82) is 0 Å². The minimum absolute atomic E-state index is 0.300. The number of amides is 1. The number of carbonyl (C=O) groups is 1. The van der Waals surface area contributed by atoms with Crippen molar-refractivity contribution in [2.45, 2.75) is 6.18 Å². The topological polar surface area (TPSA) is 42.4 Å². The summed E-state index contributed by atoms with van der Waals surface area (Å²) in [6, 6.07) is 6.57. The number of benzene rings is 1. The van der Waals surface area contributed by atoms with Crippen LogP contribution in [0.3, 0.4) is 0 Å². The number of anilines is 1. The number of ether oxygens (including phenoxy) is 1. The molecule has 0 radical (unpaired) electrons. The highest BCUT2D eigenvalue weighted by molar-refractivity contribution is 5.81. The second-order valence-electron chi connectivity index (χ2n) is 4.77. The molecule has 22 heavy (non-hydrogen) atoms. The third-order valence-electron chi connectivity index (χ3n) is 3.36. The normalized spacial score (nSPS) is 14.2. The molecule has 0 atom stereocenters. The fraction of sp³-hybridized carbons (Fsp3) is 0.200. The average Bonchev–Trinajstić information content (AvgIpc) is 2.53. The van der Waals surface area contributed by atoms with Crippen molar-refractivity contribution in [3.8, 4) is 17.0 Å². The molecule has 0 saturated carbocycles. The number of pyridine rings is 1. The number of hydrogen-bond acceptors (Lipinski definition) is 3. The molecule has 2 aromatic rings. The van der Waals surface area contributed by atoms with Crippen LogP contribution >= 0.6 is 0 Å². The van der Waals surface area contributed by atoms with Crippen LogP contribution in [0.2, 0.25) is 0 Å². The van der Waals surface area contributed by atoms with E-state index in [2.05, 4.69) is 4.98 Å². The monoisotopic (exact) mass is 308 g/mol. The molecule has 3 rings (SSSR count). The Balaban J connectivity index is 2.04. The van der Waals surface area contributed by atoms with Crippen molar-refractivity contribution < 1.29 is 22.7 Å². The molecule has 7 heteroatoms. The van der Waals surface area contributed by atoms with Crippen molar-refractivity contribution in [2.75, 3.05) is 18.1 Å². The Bertz CT molecular complexity index is 716. The summed E-state index contributed by atoms with van der Waals surface area (Å²) in [7, 11) is 0. The fourth-order valence-corrected chi connectivity index (χ4v) is 2.26. The van der Waals surface area contributed by atoms with Gasteiger partial charge in [-0.05, 0) is 23.8 Å². The van der Waals surface area contributed by atoms with Crippen LogP contribution in [0.5, 0.6) is 5.88 Å². The van der Waals surface area contributed by atoms with Crippen molar-refractivity contribution in [2.24, 2.45) is 0 Å². The van der Waals surface area contributed by atoms with E-state index >= 15 is 0 Å². The van der Waals surface area contributed by atoms with Gasteiger partial charge in [0.1, 0.15) is 12.3 Å². The maximum Gasteiger partial charge on any atom is 0.416 e. The van der Waals surface area contributed by atoms with Crippen molar-refractivity contribution in [1.82, 2.24) is 4.98 Å². The molecule has 0 saturated heterocycles. The summed E-state index contributed by atoms with van der Waals surface area (Å²) >= 11 is 0. The van der Waals surface area contributed by atoms with Gasteiger partial charge in [0.2, 0.25) is 12.3 Å². The lowest BCUT2D eigenvalue weighted by molar-refractivity contribution is -0.137. The van der Waals surface area contributed by atoms with Gasteiger partial charge in [-0.3, -0.25) is 4.79 Å². The van der Waals surface area contributed by atoms with Gasteiger partial charge in [0.05, 0.1) is 12.1 Å². The summed E-state index contributed by atoms with van der Waals surface area (Å²) in [4.78, 5) is 16.6. The Morgan fingerprint density at radius 3 is 2.77 bits per heavy atom. The molecule has 0 N–H and O–H groups in total. The molecule has 114 valence electrons. The second-order valence-corrected chi connectivity index (χ2v) is 4.77. The number of alkyl halides is 3. The maximum atomic E-state index is 12.8. The van der Waals surface area contributed by atoms with Crippen molar-refractivity contribution >= 4 is 12.1 Å². The van der Waals surface area contributed by atoms with E-state index < -0.39 is 11.7 Å². The number of hydrogen-bond donors (Lipinski definition) is 0. The Morgan fingerprint density at radius 1 is 1.23 bits per heavy atom. The number of aromatic nitrogens is 1. The van der Waals surface area contributed by atoms with Gasteiger partial charge in [-0.1, -0.05) is 12.1 Å². The van der Waals surface area contributed by atoms with E-state index in [9.17, 15) is 18.0 Å². The van der Waals surface area contributed by atoms with Gasteiger partial charge < -0.3 is 9.64 Å².